The van der Waals surface area contributed by atoms with E-state index >= 15 is 0 Å². The Morgan fingerprint density at radius 1 is 1.20 bits per heavy atom. The number of carbonyl (C=O) groups excluding carboxylic acids is 1. The summed E-state index contributed by atoms with van der Waals surface area (Å²) in [5.74, 6) is 1.02. The number of hydrogen-bond donors (Lipinski definition) is 0. The number of ether oxygens (including phenoxy) is 1. The Labute approximate surface area is 91.3 Å². The van der Waals surface area contributed by atoms with Gasteiger partial charge in [-0.3, -0.25) is 4.79 Å². The first kappa shape index (κ1) is 11.8. The molecular formula is C13H18O2. The summed E-state index contributed by atoms with van der Waals surface area (Å²) in [5.41, 5.74) is 0.784. The van der Waals surface area contributed by atoms with Crippen molar-refractivity contribution in [2.45, 2.75) is 32.6 Å². The maximum atomic E-state index is 11.7. The van der Waals surface area contributed by atoms with Gasteiger partial charge in [-0.1, -0.05) is 19.8 Å². The first-order valence-corrected chi connectivity index (χ1v) is 5.45. The molecule has 0 aliphatic heterocycles. The molecule has 0 radical (unpaired) electrons. The summed E-state index contributed by atoms with van der Waals surface area (Å²) in [6.45, 7) is 2.14. The Morgan fingerprint density at radius 2 is 1.87 bits per heavy atom. The van der Waals surface area contributed by atoms with Crippen molar-refractivity contribution in [2.75, 3.05) is 7.11 Å². The van der Waals surface area contributed by atoms with Gasteiger partial charge in [0.25, 0.3) is 0 Å². The van der Waals surface area contributed by atoms with E-state index in [2.05, 4.69) is 6.92 Å². The number of unbranched alkanes of at least 4 members (excludes halogenated alkanes) is 2. The van der Waals surface area contributed by atoms with Crippen LogP contribution in [0, 0.1) is 0 Å². The van der Waals surface area contributed by atoms with Gasteiger partial charge in [-0.25, -0.2) is 0 Å². The van der Waals surface area contributed by atoms with Crippen molar-refractivity contribution >= 4 is 5.78 Å². The molecular weight excluding hydrogens is 188 g/mol. The van der Waals surface area contributed by atoms with E-state index in [4.69, 9.17) is 4.74 Å². The molecule has 0 bridgehead atoms. The smallest absolute Gasteiger partial charge is 0.162 e. The quantitative estimate of drug-likeness (QED) is 0.526. The van der Waals surface area contributed by atoms with Crippen LogP contribution in [0.5, 0.6) is 5.75 Å². The summed E-state index contributed by atoms with van der Waals surface area (Å²) in [5, 5.41) is 0. The van der Waals surface area contributed by atoms with Crippen LogP contribution >= 0.6 is 0 Å². The molecule has 0 saturated carbocycles. The summed E-state index contributed by atoms with van der Waals surface area (Å²) in [6, 6.07) is 7.31. The van der Waals surface area contributed by atoms with Crippen LogP contribution in [0.3, 0.4) is 0 Å². The Bertz CT molecular complexity index is 301. The molecule has 15 heavy (non-hydrogen) atoms. The summed E-state index contributed by atoms with van der Waals surface area (Å²) >= 11 is 0. The van der Waals surface area contributed by atoms with Crippen molar-refractivity contribution in [3.05, 3.63) is 29.8 Å². The Hall–Kier alpha value is -1.31. The first-order chi connectivity index (χ1) is 7.27. The molecule has 0 saturated heterocycles. The summed E-state index contributed by atoms with van der Waals surface area (Å²) in [4.78, 5) is 11.7. The molecule has 2 heteroatoms. The van der Waals surface area contributed by atoms with Crippen molar-refractivity contribution in [1.82, 2.24) is 0 Å². The SMILES string of the molecule is CCCCCC(=O)c1ccc(OC)cc1. The fourth-order valence-electron chi connectivity index (χ4n) is 1.46. The maximum absolute atomic E-state index is 11.7. The van der Waals surface area contributed by atoms with Crippen LogP contribution in [0.15, 0.2) is 24.3 Å². The lowest BCUT2D eigenvalue weighted by molar-refractivity contribution is 0.0979. The Kier molecular flexibility index (Phi) is 4.88. The summed E-state index contributed by atoms with van der Waals surface area (Å²) < 4.78 is 5.04. The van der Waals surface area contributed by atoms with Gasteiger partial charge in [-0.2, -0.15) is 0 Å². The molecule has 0 aromatic heterocycles. The average molecular weight is 206 g/mol. The van der Waals surface area contributed by atoms with Crippen LogP contribution < -0.4 is 4.74 Å². The number of Topliss-reactive ketones (excluding diaryl/α,β-unsaturated/α-hetero) is 1. The highest BCUT2D eigenvalue weighted by Crippen LogP contribution is 2.13. The zero-order valence-electron chi connectivity index (χ0n) is 9.45. The van der Waals surface area contributed by atoms with Gasteiger partial charge >= 0.3 is 0 Å². The fourth-order valence-corrected chi connectivity index (χ4v) is 1.46. The molecule has 0 aliphatic carbocycles. The minimum Gasteiger partial charge on any atom is -0.497 e. The van der Waals surface area contributed by atoms with Gasteiger partial charge in [-0.05, 0) is 30.7 Å². The summed E-state index contributed by atoms with van der Waals surface area (Å²) in [7, 11) is 1.62. The van der Waals surface area contributed by atoms with E-state index in [1.807, 2.05) is 24.3 Å². The molecule has 82 valence electrons. The van der Waals surface area contributed by atoms with Crippen LogP contribution in [-0.4, -0.2) is 12.9 Å². The first-order valence-electron chi connectivity index (χ1n) is 5.45. The maximum Gasteiger partial charge on any atom is 0.162 e. The van der Waals surface area contributed by atoms with Crippen LogP contribution in [0.25, 0.3) is 0 Å². The number of benzene rings is 1. The number of methoxy groups -OCH3 is 1. The monoisotopic (exact) mass is 206 g/mol. The normalized spacial score (nSPS) is 10.0. The highest BCUT2D eigenvalue weighted by atomic mass is 16.5. The van der Waals surface area contributed by atoms with Crippen LogP contribution in [0.1, 0.15) is 43.0 Å². The minimum atomic E-state index is 0.228. The van der Waals surface area contributed by atoms with Gasteiger partial charge < -0.3 is 4.74 Å². The number of carbonyl (C=O) groups is 1. The molecule has 1 rings (SSSR count). The average Bonchev–Trinajstić information content (AvgIpc) is 2.29. The Morgan fingerprint density at radius 3 is 2.40 bits per heavy atom. The zero-order valence-corrected chi connectivity index (χ0v) is 9.45. The lowest BCUT2D eigenvalue weighted by Gasteiger charge is -2.02. The Balaban J connectivity index is 2.50. The molecule has 0 N–H and O–H groups in total. The second-order valence-corrected chi connectivity index (χ2v) is 3.61. The second-order valence-electron chi connectivity index (χ2n) is 3.61. The van der Waals surface area contributed by atoms with E-state index < -0.39 is 0 Å². The molecule has 0 spiro atoms. The van der Waals surface area contributed by atoms with E-state index in [1.165, 1.54) is 0 Å². The minimum absolute atomic E-state index is 0.228. The predicted molar refractivity (Wildman–Crippen MR) is 61.5 cm³/mol. The molecule has 0 aliphatic rings. The third-order valence-corrected chi connectivity index (χ3v) is 2.42. The molecule has 0 atom stereocenters. The molecule has 1 aromatic rings. The molecule has 0 amide bonds. The van der Waals surface area contributed by atoms with Crippen LogP contribution in [0.4, 0.5) is 0 Å². The molecule has 0 unspecified atom stereocenters. The fraction of sp³-hybridized carbons (Fsp3) is 0.462. The van der Waals surface area contributed by atoms with Crippen molar-refractivity contribution in [1.29, 1.82) is 0 Å². The van der Waals surface area contributed by atoms with E-state index in [9.17, 15) is 4.79 Å². The van der Waals surface area contributed by atoms with Crippen molar-refractivity contribution in [3.63, 3.8) is 0 Å². The van der Waals surface area contributed by atoms with E-state index in [0.29, 0.717) is 6.42 Å². The van der Waals surface area contributed by atoms with Gasteiger partial charge in [0.1, 0.15) is 5.75 Å². The van der Waals surface area contributed by atoms with E-state index in [-0.39, 0.29) is 5.78 Å². The highest BCUT2D eigenvalue weighted by Gasteiger charge is 2.04. The summed E-state index contributed by atoms with van der Waals surface area (Å²) in [6.07, 6.45) is 3.92. The predicted octanol–water partition coefficient (Wildman–Crippen LogP) is 3.46. The van der Waals surface area contributed by atoms with Crippen LogP contribution in [-0.2, 0) is 0 Å². The van der Waals surface area contributed by atoms with Crippen molar-refractivity contribution in [3.8, 4) is 5.75 Å². The molecule has 0 heterocycles. The molecule has 2 nitrogen and oxygen atoms in total. The van der Waals surface area contributed by atoms with Gasteiger partial charge in [0.15, 0.2) is 5.78 Å². The third-order valence-electron chi connectivity index (χ3n) is 2.42. The van der Waals surface area contributed by atoms with Crippen LogP contribution in [0.2, 0.25) is 0 Å². The van der Waals surface area contributed by atoms with Crippen molar-refractivity contribution in [2.24, 2.45) is 0 Å². The standard InChI is InChI=1S/C13H18O2/c1-3-4-5-6-13(14)11-7-9-12(15-2)10-8-11/h7-10H,3-6H2,1-2H3. The number of hydrogen-bond acceptors (Lipinski definition) is 2. The highest BCUT2D eigenvalue weighted by molar-refractivity contribution is 5.96. The molecule has 1 aromatic carbocycles. The molecule has 0 fully saturated rings. The largest absolute Gasteiger partial charge is 0.497 e. The van der Waals surface area contributed by atoms with Gasteiger partial charge in [0.05, 0.1) is 7.11 Å². The van der Waals surface area contributed by atoms with Gasteiger partial charge in [0.2, 0.25) is 0 Å². The second kappa shape index (κ2) is 6.23. The lowest BCUT2D eigenvalue weighted by atomic mass is 10.0. The van der Waals surface area contributed by atoms with E-state index in [0.717, 1.165) is 30.6 Å². The van der Waals surface area contributed by atoms with Gasteiger partial charge in [0, 0.05) is 12.0 Å². The van der Waals surface area contributed by atoms with E-state index in [1.54, 1.807) is 7.11 Å². The topological polar surface area (TPSA) is 26.3 Å². The third kappa shape index (κ3) is 3.74. The van der Waals surface area contributed by atoms with Crippen molar-refractivity contribution < 1.29 is 9.53 Å². The van der Waals surface area contributed by atoms with Gasteiger partial charge in [-0.15, -0.1) is 0 Å². The number of rotatable bonds is 6. The lowest BCUT2D eigenvalue weighted by Crippen LogP contribution is -1.98. The zero-order chi connectivity index (χ0) is 11.1. The number of ketones is 1.